The third-order valence-electron chi connectivity index (χ3n) is 3.45. The van der Waals surface area contributed by atoms with Gasteiger partial charge >= 0.3 is 0 Å². The molecule has 4 heteroatoms. The maximum atomic E-state index is 9.16. The Morgan fingerprint density at radius 2 is 2.17 bits per heavy atom. The summed E-state index contributed by atoms with van der Waals surface area (Å²) < 4.78 is 5.19. The van der Waals surface area contributed by atoms with Gasteiger partial charge in [-0.15, -0.1) is 0 Å². The van der Waals surface area contributed by atoms with Crippen LogP contribution in [0, 0.1) is 17.2 Å². The predicted octanol–water partition coefficient (Wildman–Crippen LogP) is 3.84. The summed E-state index contributed by atoms with van der Waals surface area (Å²) in [6.07, 6.45) is 4.29. The molecular weight excluding hydrogens is 248 g/mol. The second kappa shape index (κ2) is 5.97. The molecule has 2 unspecified atom stereocenters. The molecule has 0 amide bonds. The average molecular weight is 265 g/mol. The number of nitrogens with one attached hydrogen (secondary N) is 1. The van der Waals surface area contributed by atoms with Gasteiger partial charge < -0.3 is 10.1 Å². The van der Waals surface area contributed by atoms with Crippen LogP contribution in [0.1, 0.15) is 25.7 Å². The van der Waals surface area contributed by atoms with E-state index in [1.165, 1.54) is 0 Å². The third-order valence-corrected chi connectivity index (χ3v) is 3.78. The van der Waals surface area contributed by atoms with Crippen LogP contribution in [-0.2, 0) is 0 Å². The minimum absolute atomic E-state index is 0.0704. The van der Waals surface area contributed by atoms with Crippen molar-refractivity contribution in [2.45, 2.75) is 31.7 Å². The van der Waals surface area contributed by atoms with Gasteiger partial charge in [-0.3, -0.25) is 0 Å². The van der Waals surface area contributed by atoms with E-state index in [1.54, 1.807) is 7.11 Å². The number of methoxy groups -OCH3 is 1. The number of rotatable bonds is 3. The maximum Gasteiger partial charge on any atom is 0.121 e. The lowest BCUT2D eigenvalue weighted by molar-refractivity contribution is 0.388. The molecule has 1 saturated carbocycles. The third kappa shape index (κ3) is 2.88. The molecule has 0 saturated heterocycles. The quantitative estimate of drug-likeness (QED) is 0.902. The van der Waals surface area contributed by atoms with Crippen molar-refractivity contribution in [3.63, 3.8) is 0 Å². The van der Waals surface area contributed by atoms with Gasteiger partial charge in [0.1, 0.15) is 5.75 Å². The van der Waals surface area contributed by atoms with Crippen LogP contribution in [0.15, 0.2) is 18.2 Å². The summed E-state index contributed by atoms with van der Waals surface area (Å²) in [5.74, 6) is 0.840. The molecule has 2 rings (SSSR count). The van der Waals surface area contributed by atoms with E-state index in [2.05, 4.69) is 11.4 Å². The standard InChI is InChI=1S/C14H17ClN2O/c1-18-11-6-7-12(15)14(8-11)17-13-5-3-2-4-10(13)9-16/h6-8,10,13,17H,2-5H2,1H3. The van der Waals surface area contributed by atoms with Crippen molar-refractivity contribution in [2.75, 3.05) is 12.4 Å². The van der Waals surface area contributed by atoms with Crippen molar-refractivity contribution >= 4 is 17.3 Å². The molecule has 1 N–H and O–H groups in total. The van der Waals surface area contributed by atoms with Crippen LogP contribution >= 0.6 is 11.6 Å². The molecule has 1 aromatic rings. The lowest BCUT2D eigenvalue weighted by Gasteiger charge is -2.28. The van der Waals surface area contributed by atoms with Gasteiger partial charge in [0.2, 0.25) is 0 Å². The highest BCUT2D eigenvalue weighted by Gasteiger charge is 2.25. The Balaban J connectivity index is 2.14. The smallest absolute Gasteiger partial charge is 0.121 e. The van der Waals surface area contributed by atoms with Crippen molar-refractivity contribution in [1.82, 2.24) is 0 Å². The number of nitrogens with zero attached hydrogens (tertiary/aromatic N) is 1. The molecule has 1 fully saturated rings. The van der Waals surface area contributed by atoms with E-state index < -0.39 is 0 Å². The van der Waals surface area contributed by atoms with Crippen molar-refractivity contribution in [3.05, 3.63) is 23.2 Å². The number of hydrogen-bond acceptors (Lipinski definition) is 3. The van der Waals surface area contributed by atoms with Gasteiger partial charge in [-0.05, 0) is 25.0 Å². The largest absolute Gasteiger partial charge is 0.497 e. The summed E-state index contributed by atoms with van der Waals surface area (Å²) in [5, 5.41) is 13.2. The van der Waals surface area contributed by atoms with Crippen LogP contribution < -0.4 is 10.1 Å². The van der Waals surface area contributed by atoms with Crippen molar-refractivity contribution in [1.29, 1.82) is 5.26 Å². The van der Waals surface area contributed by atoms with Gasteiger partial charge in [0, 0.05) is 12.1 Å². The van der Waals surface area contributed by atoms with Gasteiger partial charge in [-0.1, -0.05) is 24.4 Å². The van der Waals surface area contributed by atoms with Gasteiger partial charge in [0.15, 0.2) is 0 Å². The zero-order valence-corrected chi connectivity index (χ0v) is 11.2. The highest BCUT2D eigenvalue weighted by Crippen LogP contribution is 2.31. The van der Waals surface area contributed by atoms with Gasteiger partial charge in [0.25, 0.3) is 0 Å². The van der Waals surface area contributed by atoms with Crippen LogP contribution in [0.25, 0.3) is 0 Å². The summed E-state index contributed by atoms with van der Waals surface area (Å²) in [5.41, 5.74) is 0.850. The number of halogens is 1. The fraction of sp³-hybridized carbons (Fsp3) is 0.500. The van der Waals surface area contributed by atoms with Crippen molar-refractivity contribution in [3.8, 4) is 11.8 Å². The molecule has 1 aliphatic rings. The van der Waals surface area contributed by atoms with Gasteiger partial charge in [0.05, 0.1) is 29.8 Å². The minimum atomic E-state index is 0.0704. The molecule has 0 aromatic heterocycles. The monoisotopic (exact) mass is 264 g/mol. The topological polar surface area (TPSA) is 45.0 Å². The van der Waals surface area contributed by atoms with Gasteiger partial charge in [-0.2, -0.15) is 5.26 Å². The summed E-state index contributed by atoms with van der Waals surface area (Å²) in [6, 6.07) is 8.10. The Morgan fingerprint density at radius 1 is 1.39 bits per heavy atom. The maximum absolute atomic E-state index is 9.16. The van der Waals surface area contributed by atoms with Crippen LogP contribution in [-0.4, -0.2) is 13.2 Å². The molecule has 18 heavy (non-hydrogen) atoms. The molecule has 0 radical (unpaired) electrons. The summed E-state index contributed by atoms with van der Waals surface area (Å²) in [6.45, 7) is 0. The Hall–Kier alpha value is -1.40. The van der Waals surface area contributed by atoms with Crippen LogP contribution in [0.2, 0.25) is 5.02 Å². The molecule has 1 aliphatic carbocycles. The number of ether oxygens (including phenoxy) is 1. The van der Waals surface area contributed by atoms with Crippen LogP contribution in [0.5, 0.6) is 5.75 Å². The molecule has 96 valence electrons. The highest BCUT2D eigenvalue weighted by atomic mass is 35.5. The molecular formula is C14H17ClN2O. The fourth-order valence-electron chi connectivity index (χ4n) is 2.40. The lowest BCUT2D eigenvalue weighted by Crippen LogP contribution is -2.31. The van der Waals surface area contributed by atoms with E-state index in [0.29, 0.717) is 5.02 Å². The van der Waals surface area contributed by atoms with Crippen LogP contribution in [0.4, 0.5) is 5.69 Å². The van der Waals surface area contributed by atoms with Crippen LogP contribution in [0.3, 0.4) is 0 Å². The first-order valence-corrected chi connectivity index (χ1v) is 6.62. The first-order chi connectivity index (χ1) is 8.74. The van der Waals surface area contributed by atoms with E-state index in [4.69, 9.17) is 21.6 Å². The normalized spacial score (nSPS) is 23.2. The van der Waals surface area contributed by atoms with Crippen molar-refractivity contribution < 1.29 is 4.74 Å². The lowest BCUT2D eigenvalue weighted by atomic mass is 9.85. The zero-order valence-electron chi connectivity index (χ0n) is 10.4. The zero-order chi connectivity index (χ0) is 13.0. The Kier molecular flexibility index (Phi) is 4.33. The SMILES string of the molecule is COc1ccc(Cl)c(NC2CCCCC2C#N)c1. The molecule has 0 bridgehead atoms. The van der Waals surface area contributed by atoms with Gasteiger partial charge in [-0.25, -0.2) is 0 Å². The summed E-state index contributed by atoms with van der Waals surface area (Å²) in [4.78, 5) is 0. The molecule has 1 aromatic carbocycles. The second-order valence-electron chi connectivity index (χ2n) is 4.62. The second-order valence-corrected chi connectivity index (χ2v) is 5.02. The fourth-order valence-corrected chi connectivity index (χ4v) is 2.57. The number of nitriles is 1. The predicted molar refractivity (Wildman–Crippen MR) is 73.0 cm³/mol. The van der Waals surface area contributed by atoms with E-state index in [0.717, 1.165) is 37.1 Å². The number of anilines is 1. The average Bonchev–Trinajstić information content (AvgIpc) is 2.42. The molecule has 2 atom stereocenters. The Bertz CT molecular complexity index is 456. The number of benzene rings is 1. The van der Waals surface area contributed by atoms with Crippen molar-refractivity contribution in [2.24, 2.45) is 5.92 Å². The molecule has 0 spiro atoms. The van der Waals surface area contributed by atoms with E-state index >= 15 is 0 Å². The first-order valence-electron chi connectivity index (χ1n) is 6.24. The van der Waals surface area contributed by atoms with E-state index in [1.807, 2.05) is 18.2 Å². The van der Waals surface area contributed by atoms with E-state index in [9.17, 15) is 0 Å². The Labute approximate surface area is 113 Å². The molecule has 3 nitrogen and oxygen atoms in total. The minimum Gasteiger partial charge on any atom is -0.497 e. The number of hydrogen-bond donors (Lipinski definition) is 1. The molecule has 0 aliphatic heterocycles. The summed E-state index contributed by atoms with van der Waals surface area (Å²) >= 11 is 6.16. The Morgan fingerprint density at radius 3 is 2.89 bits per heavy atom. The summed E-state index contributed by atoms with van der Waals surface area (Å²) in [7, 11) is 1.63. The highest BCUT2D eigenvalue weighted by molar-refractivity contribution is 6.33. The van der Waals surface area contributed by atoms with E-state index in [-0.39, 0.29) is 12.0 Å². The first kappa shape index (κ1) is 13.0. The molecule has 0 heterocycles.